The van der Waals surface area contributed by atoms with E-state index in [0.29, 0.717) is 18.7 Å². The molecule has 0 amide bonds. The van der Waals surface area contributed by atoms with Crippen LogP contribution < -0.4 is 4.74 Å². The molecule has 0 fully saturated rings. The van der Waals surface area contributed by atoms with E-state index in [2.05, 4.69) is 5.16 Å². The lowest BCUT2D eigenvalue weighted by molar-refractivity contribution is 0.233. The summed E-state index contributed by atoms with van der Waals surface area (Å²) in [5.74, 6) is 0.794. The van der Waals surface area contributed by atoms with Gasteiger partial charge in [-0.3, -0.25) is 0 Å². The van der Waals surface area contributed by atoms with Crippen molar-refractivity contribution < 1.29 is 15.1 Å². The van der Waals surface area contributed by atoms with Crippen LogP contribution in [0.3, 0.4) is 0 Å². The van der Waals surface area contributed by atoms with Crippen LogP contribution in [-0.2, 0) is 0 Å². The van der Waals surface area contributed by atoms with Gasteiger partial charge in [-0.15, -0.1) is 0 Å². The first-order valence-corrected chi connectivity index (χ1v) is 5.22. The van der Waals surface area contributed by atoms with E-state index in [0.717, 1.165) is 16.9 Å². The van der Waals surface area contributed by atoms with Gasteiger partial charge in [-0.05, 0) is 43.2 Å². The molecule has 0 saturated carbocycles. The SMILES string of the molecule is C/C(=N\O)c1ccc(OCCCO)c(C)c1. The Morgan fingerprint density at radius 1 is 1.44 bits per heavy atom. The Labute approximate surface area is 95.2 Å². The maximum Gasteiger partial charge on any atom is 0.122 e. The molecule has 1 aromatic rings. The third kappa shape index (κ3) is 3.24. The number of rotatable bonds is 5. The Morgan fingerprint density at radius 3 is 2.75 bits per heavy atom. The number of nitrogens with zero attached hydrogens (tertiary/aromatic N) is 1. The zero-order chi connectivity index (χ0) is 12.0. The summed E-state index contributed by atoms with van der Waals surface area (Å²) >= 11 is 0. The molecular weight excluding hydrogens is 206 g/mol. The Bertz CT molecular complexity index is 375. The monoisotopic (exact) mass is 223 g/mol. The van der Waals surface area contributed by atoms with Crippen molar-refractivity contribution in [3.63, 3.8) is 0 Å². The van der Waals surface area contributed by atoms with Crippen LogP contribution >= 0.6 is 0 Å². The maximum atomic E-state index is 8.65. The number of ether oxygens (including phenoxy) is 1. The van der Waals surface area contributed by atoms with Crippen molar-refractivity contribution in [2.75, 3.05) is 13.2 Å². The minimum atomic E-state index is 0.132. The topological polar surface area (TPSA) is 62.1 Å². The zero-order valence-corrected chi connectivity index (χ0v) is 9.60. The van der Waals surface area contributed by atoms with E-state index < -0.39 is 0 Å². The second kappa shape index (κ2) is 6.12. The van der Waals surface area contributed by atoms with E-state index in [9.17, 15) is 0 Å². The average molecular weight is 223 g/mol. The minimum absolute atomic E-state index is 0.132. The number of hydrogen-bond donors (Lipinski definition) is 2. The van der Waals surface area contributed by atoms with Gasteiger partial charge >= 0.3 is 0 Å². The predicted molar refractivity (Wildman–Crippen MR) is 62.4 cm³/mol. The van der Waals surface area contributed by atoms with E-state index in [1.807, 2.05) is 25.1 Å². The van der Waals surface area contributed by atoms with E-state index in [1.54, 1.807) is 6.92 Å². The summed E-state index contributed by atoms with van der Waals surface area (Å²) in [6.45, 7) is 4.31. The molecule has 0 heterocycles. The molecule has 88 valence electrons. The molecule has 0 saturated heterocycles. The molecule has 16 heavy (non-hydrogen) atoms. The third-order valence-corrected chi connectivity index (χ3v) is 2.30. The number of benzene rings is 1. The molecule has 2 N–H and O–H groups in total. The Hall–Kier alpha value is -1.55. The lowest BCUT2D eigenvalue weighted by Crippen LogP contribution is -2.02. The fraction of sp³-hybridized carbons (Fsp3) is 0.417. The van der Waals surface area contributed by atoms with Crippen LogP contribution in [-0.4, -0.2) is 29.2 Å². The van der Waals surface area contributed by atoms with Crippen LogP contribution in [0, 0.1) is 6.92 Å². The fourth-order valence-electron chi connectivity index (χ4n) is 1.34. The number of aryl methyl sites for hydroxylation is 1. The van der Waals surface area contributed by atoms with E-state index in [4.69, 9.17) is 15.1 Å². The summed E-state index contributed by atoms with van der Waals surface area (Å²) in [5.41, 5.74) is 2.43. The van der Waals surface area contributed by atoms with Gasteiger partial charge in [0.15, 0.2) is 0 Å². The van der Waals surface area contributed by atoms with Gasteiger partial charge in [-0.25, -0.2) is 0 Å². The molecule has 0 aliphatic heterocycles. The average Bonchev–Trinajstić information content (AvgIpc) is 2.30. The summed E-state index contributed by atoms with van der Waals surface area (Å²) in [7, 11) is 0. The molecule has 4 heteroatoms. The highest BCUT2D eigenvalue weighted by atomic mass is 16.5. The second-order valence-corrected chi connectivity index (χ2v) is 3.59. The second-order valence-electron chi connectivity index (χ2n) is 3.59. The van der Waals surface area contributed by atoms with Gasteiger partial charge in [0.25, 0.3) is 0 Å². The van der Waals surface area contributed by atoms with Gasteiger partial charge in [0.2, 0.25) is 0 Å². The summed E-state index contributed by atoms with van der Waals surface area (Å²) in [5, 5.41) is 20.4. The number of hydrogen-bond acceptors (Lipinski definition) is 4. The summed E-state index contributed by atoms with van der Waals surface area (Å²) < 4.78 is 5.48. The van der Waals surface area contributed by atoms with Gasteiger partial charge in [-0.2, -0.15) is 0 Å². The van der Waals surface area contributed by atoms with E-state index >= 15 is 0 Å². The lowest BCUT2D eigenvalue weighted by atomic mass is 10.1. The first-order valence-electron chi connectivity index (χ1n) is 5.22. The molecule has 0 aliphatic rings. The molecule has 0 bridgehead atoms. The van der Waals surface area contributed by atoms with Crippen LogP contribution in [0.25, 0.3) is 0 Å². The first-order chi connectivity index (χ1) is 7.69. The lowest BCUT2D eigenvalue weighted by Gasteiger charge is -2.09. The highest BCUT2D eigenvalue weighted by Crippen LogP contribution is 2.19. The van der Waals surface area contributed by atoms with Crippen LogP contribution in [0.5, 0.6) is 5.75 Å². The van der Waals surface area contributed by atoms with Crippen molar-refractivity contribution in [1.82, 2.24) is 0 Å². The van der Waals surface area contributed by atoms with Crippen molar-refractivity contribution in [2.45, 2.75) is 20.3 Å². The number of aliphatic hydroxyl groups excluding tert-OH is 1. The summed E-state index contributed by atoms with van der Waals surface area (Å²) in [6.07, 6.45) is 0.623. The number of oxime groups is 1. The standard InChI is InChI=1S/C12H17NO3/c1-9-8-11(10(2)13-15)4-5-12(9)16-7-3-6-14/h4-5,8,14-15H,3,6-7H2,1-2H3/b13-10+. The van der Waals surface area contributed by atoms with Gasteiger partial charge in [0.1, 0.15) is 5.75 Å². The maximum absolute atomic E-state index is 8.65. The zero-order valence-electron chi connectivity index (χ0n) is 9.60. The number of aliphatic hydroxyl groups is 1. The van der Waals surface area contributed by atoms with Crippen molar-refractivity contribution in [1.29, 1.82) is 0 Å². The molecule has 1 rings (SSSR count). The van der Waals surface area contributed by atoms with Gasteiger partial charge in [-0.1, -0.05) is 5.16 Å². The molecule has 0 aromatic heterocycles. The predicted octanol–water partition coefficient (Wildman–Crippen LogP) is 1.95. The Balaban J connectivity index is 2.75. The molecule has 0 radical (unpaired) electrons. The van der Waals surface area contributed by atoms with Crippen molar-refractivity contribution in [3.05, 3.63) is 29.3 Å². The van der Waals surface area contributed by atoms with E-state index in [-0.39, 0.29) is 6.61 Å². The molecular formula is C12H17NO3. The van der Waals surface area contributed by atoms with Crippen molar-refractivity contribution >= 4 is 5.71 Å². The fourth-order valence-corrected chi connectivity index (χ4v) is 1.34. The van der Waals surface area contributed by atoms with Crippen LogP contribution in [0.2, 0.25) is 0 Å². The van der Waals surface area contributed by atoms with Crippen LogP contribution in [0.15, 0.2) is 23.4 Å². The van der Waals surface area contributed by atoms with Crippen molar-refractivity contribution in [3.8, 4) is 5.75 Å². The molecule has 0 spiro atoms. The normalized spacial score (nSPS) is 11.6. The highest BCUT2D eigenvalue weighted by Gasteiger charge is 2.03. The molecule has 0 aliphatic carbocycles. The van der Waals surface area contributed by atoms with Crippen molar-refractivity contribution in [2.24, 2.45) is 5.16 Å². The Kier molecular flexibility index (Phi) is 4.79. The molecule has 0 unspecified atom stereocenters. The third-order valence-electron chi connectivity index (χ3n) is 2.30. The van der Waals surface area contributed by atoms with Gasteiger partial charge in [0.05, 0.1) is 12.3 Å². The highest BCUT2D eigenvalue weighted by molar-refractivity contribution is 5.98. The summed E-state index contributed by atoms with van der Waals surface area (Å²) in [4.78, 5) is 0. The minimum Gasteiger partial charge on any atom is -0.493 e. The quantitative estimate of drug-likeness (QED) is 0.347. The van der Waals surface area contributed by atoms with Crippen LogP contribution in [0.4, 0.5) is 0 Å². The van der Waals surface area contributed by atoms with Gasteiger partial charge < -0.3 is 15.1 Å². The van der Waals surface area contributed by atoms with E-state index in [1.165, 1.54) is 0 Å². The summed E-state index contributed by atoms with van der Waals surface area (Å²) in [6, 6.07) is 5.59. The smallest absolute Gasteiger partial charge is 0.122 e. The van der Waals surface area contributed by atoms with Crippen LogP contribution in [0.1, 0.15) is 24.5 Å². The molecule has 1 aromatic carbocycles. The van der Waals surface area contributed by atoms with Gasteiger partial charge in [0, 0.05) is 13.0 Å². The first kappa shape index (κ1) is 12.5. The Morgan fingerprint density at radius 2 is 2.19 bits per heavy atom. The molecule has 4 nitrogen and oxygen atoms in total. The largest absolute Gasteiger partial charge is 0.493 e. The molecule has 0 atom stereocenters.